The van der Waals surface area contributed by atoms with Gasteiger partial charge in [0.05, 0.1) is 12.8 Å². The molecule has 0 fully saturated rings. The second-order valence-corrected chi connectivity index (χ2v) is 4.53. The topological polar surface area (TPSA) is 44.1 Å². The van der Waals surface area contributed by atoms with Crippen LogP contribution in [0.25, 0.3) is 0 Å². The first-order valence-corrected chi connectivity index (χ1v) is 6.47. The molecule has 1 rings (SSSR count). The van der Waals surface area contributed by atoms with Gasteiger partial charge in [-0.3, -0.25) is 0 Å². The molecule has 19 heavy (non-hydrogen) atoms. The first kappa shape index (κ1) is 15.6. The van der Waals surface area contributed by atoms with Gasteiger partial charge in [0.25, 0.3) is 0 Å². The summed E-state index contributed by atoms with van der Waals surface area (Å²) in [5, 5.41) is 0.440. The largest absolute Gasteiger partial charge is 0.461 e. The first-order valence-electron chi connectivity index (χ1n) is 5.48. The molecule has 0 aliphatic carbocycles. The Hall–Kier alpha value is -1.44. The van der Waals surface area contributed by atoms with Gasteiger partial charge in [-0.25, -0.2) is 14.2 Å². The average molecular weight is 294 g/mol. The molecule has 0 saturated carbocycles. The van der Waals surface area contributed by atoms with Crippen molar-refractivity contribution in [2.24, 2.45) is 7.05 Å². The summed E-state index contributed by atoms with van der Waals surface area (Å²) in [6, 6.07) is 0. The summed E-state index contributed by atoms with van der Waals surface area (Å²) in [5.41, 5.74) is 0.261. The molecular weight excluding hydrogens is 281 g/mol. The number of ether oxygens (including phenoxy) is 1. The van der Waals surface area contributed by atoms with Crippen LogP contribution in [-0.4, -0.2) is 27.9 Å². The van der Waals surface area contributed by atoms with E-state index >= 15 is 0 Å². The zero-order chi connectivity index (χ0) is 14.4. The molecule has 1 heterocycles. The standard InChI is InChI=1S/C11H13F3N2O2S/c1-3-18-10(17)8-6-15-11(16(8)2)19-5-4-7(12)9(13)14/h6H,3-5H2,1-2H3. The minimum Gasteiger partial charge on any atom is -0.461 e. The normalized spacial score (nSPS) is 10.4. The van der Waals surface area contributed by atoms with E-state index in [9.17, 15) is 18.0 Å². The Morgan fingerprint density at radius 3 is 2.74 bits per heavy atom. The van der Waals surface area contributed by atoms with Gasteiger partial charge in [0.2, 0.25) is 0 Å². The van der Waals surface area contributed by atoms with E-state index in [2.05, 4.69) is 4.98 Å². The third kappa shape index (κ3) is 4.30. The summed E-state index contributed by atoms with van der Waals surface area (Å²) in [4.78, 5) is 15.5. The molecule has 4 nitrogen and oxygen atoms in total. The Kier molecular flexibility index (Phi) is 5.94. The van der Waals surface area contributed by atoms with Gasteiger partial charge in [-0.05, 0) is 6.92 Å². The summed E-state index contributed by atoms with van der Waals surface area (Å²) >= 11 is 1.09. The molecular formula is C11H13F3N2O2S. The van der Waals surface area contributed by atoms with E-state index in [1.54, 1.807) is 14.0 Å². The van der Waals surface area contributed by atoms with E-state index in [0.29, 0.717) is 5.16 Å². The van der Waals surface area contributed by atoms with Crippen molar-refractivity contribution in [3.8, 4) is 0 Å². The molecule has 0 N–H and O–H groups in total. The molecule has 0 bridgehead atoms. The van der Waals surface area contributed by atoms with Gasteiger partial charge in [-0.2, -0.15) is 8.78 Å². The number of thioether (sulfide) groups is 1. The zero-order valence-corrected chi connectivity index (χ0v) is 11.3. The van der Waals surface area contributed by atoms with Crippen molar-refractivity contribution in [3.63, 3.8) is 0 Å². The molecule has 0 aliphatic heterocycles. The Morgan fingerprint density at radius 1 is 1.47 bits per heavy atom. The fourth-order valence-electron chi connectivity index (χ4n) is 1.25. The second kappa shape index (κ2) is 7.22. The first-order chi connectivity index (χ1) is 8.97. The number of hydrogen-bond acceptors (Lipinski definition) is 4. The molecule has 0 amide bonds. The van der Waals surface area contributed by atoms with Gasteiger partial charge in [-0.1, -0.05) is 11.8 Å². The van der Waals surface area contributed by atoms with Crippen LogP contribution < -0.4 is 0 Å². The van der Waals surface area contributed by atoms with Crippen LogP contribution in [0, 0.1) is 0 Å². The lowest BCUT2D eigenvalue weighted by Gasteiger charge is -2.04. The lowest BCUT2D eigenvalue weighted by Crippen LogP contribution is -2.10. The van der Waals surface area contributed by atoms with Gasteiger partial charge in [0, 0.05) is 19.2 Å². The third-order valence-electron chi connectivity index (χ3n) is 2.19. The quantitative estimate of drug-likeness (QED) is 0.597. The maximum atomic E-state index is 12.6. The lowest BCUT2D eigenvalue weighted by molar-refractivity contribution is 0.0514. The fraction of sp³-hybridized carbons (Fsp3) is 0.455. The van der Waals surface area contributed by atoms with Gasteiger partial charge in [-0.15, -0.1) is 0 Å². The highest BCUT2D eigenvalue weighted by Gasteiger charge is 2.15. The van der Waals surface area contributed by atoms with Crippen molar-refractivity contribution in [1.29, 1.82) is 0 Å². The maximum absolute atomic E-state index is 12.6. The number of esters is 1. The highest BCUT2D eigenvalue weighted by molar-refractivity contribution is 7.99. The number of hydrogen-bond donors (Lipinski definition) is 0. The monoisotopic (exact) mass is 294 g/mol. The number of carbonyl (C=O) groups excluding carboxylic acids is 1. The maximum Gasteiger partial charge on any atom is 0.356 e. The van der Waals surface area contributed by atoms with Crippen molar-refractivity contribution in [2.75, 3.05) is 12.4 Å². The molecule has 8 heteroatoms. The summed E-state index contributed by atoms with van der Waals surface area (Å²) in [7, 11) is 1.60. The average Bonchev–Trinajstić information content (AvgIpc) is 2.71. The number of halogens is 3. The molecule has 0 aromatic carbocycles. The lowest BCUT2D eigenvalue weighted by atomic mass is 10.4. The Bertz CT molecular complexity index is 484. The second-order valence-electron chi connectivity index (χ2n) is 3.47. The Balaban J connectivity index is 2.61. The predicted octanol–water partition coefficient (Wildman–Crippen LogP) is 3.16. The van der Waals surface area contributed by atoms with Crippen LogP contribution in [0.5, 0.6) is 0 Å². The Labute approximate surface area is 112 Å². The summed E-state index contributed by atoms with van der Waals surface area (Å²) in [5.74, 6) is -1.83. The number of rotatable bonds is 6. The van der Waals surface area contributed by atoms with Gasteiger partial charge in [0.1, 0.15) is 5.69 Å². The van der Waals surface area contributed by atoms with Crippen LogP contribution >= 0.6 is 11.8 Å². The number of nitrogens with zero attached hydrogens (tertiary/aromatic N) is 2. The molecule has 0 aliphatic rings. The minimum atomic E-state index is -2.30. The van der Waals surface area contributed by atoms with E-state index in [1.807, 2.05) is 0 Å². The third-order valence-corrected chi connectivity index (χ3v) is 3.23. The number of carbonyl (C=O) groups is 1. The van der Waals surface area contributed by atoms with E-state index in [4.69, 9.17) is 4.74 Å². The summed E-state index contributed by atoms with van der Waals surface area (Å²) < 4.78 is 42.6. The molecule has 1 aromatic rings. The van der Waals surface area contributed by atoms with E-state index in [1.165, 1.54) is 10.8 Å². The molecule has 106 valence electrons. The van der Waals surface area contributed by atoms with Gasteiger partial charge < -0.3 is 9.30 Å². The minimum absolute atomic E-state index is 0.107. The molecule has 0 radical (unpaired) electrons. The van der Waals surface area contributed by atoms with Crippen molar-refractivity contribution < 1.29 is 22.7 Å². The van der Waals surface area contributed by atoms with Gasteiger partial charge in [0.15, 0.2) is 11.0 Å². The van der Waals surface area contributed by atoms with Crippen LogP contribution in [0.3, 0.4) is 0 Å². The highest BCUT2D eigenvalue weighted by Crippen LogP contribution is 2.22. The van der Waals surface area contributed by atoms with Crippen LogP contribution in [0.4, 0.5) is 13.2 Å². The summed E-state index contributed by atoms with van der Waals surface area (Å²) in [6.45, 7) is 1.93. The van der Waals surface area contributed by atoms with E-state index in [-0.39, 0.29) is 24.5 Å². The van der Waals surface area contributed by atoms with Crippen LogP contribution in [0.15, 0.2) is 23.3 Å². The number of aromatic nitrogens is 2. The van der Waals surface area contributed by atoms with Crippen molar-refractivity contribution in [2.45, 2.75) is 18.5 Å². The van der Waals surface area contributed by atoms with Crippen molar-refractivity contribution in [1.82, 2.24) is 9.55 Å². The predicted molar refractivity (Wildman–Crippen MR) is 64.9 cm³/mol. The number of allylic oxidation sites excluding steroid dienone is 1. The highest BCUT2D eigenvalue weighted by atomic mass is 32.2. The van der Waals surface area contributed by atoms with Crippen LogP contribution in [0.1, 0.15) is 23.8 Å². The summed E-state index contributed by atoms with van der Waals surface area (Å²) in [6.07, 6.45) is -1.34. The fourth-order valence-corrected chi connectivity index (χ4v) is 2.13. The van der Waals surface area contributed by atoms with Crippen molar-refractivity contribution >= 4 is 17.7 Å². The Morgan fingerprint density at radius 2 is 2.16 bits per heavy atom. The molecule has 0 saturated heterocycles. The smallest absolute Gasteiger partial charge is 0.356 e. The zero-order valence-electron chi connectivity index (χ0n) is 10.5. The van der Waals surface area contributed by atoms with E-state index in [0.717, 1.165) is 11.8 Å². The molecule has 0 spiro atoms. The molecule has 0 unspecified atom stereocenters. The van der Waals surface area contributed by atoms with Crippen molar-refractivity contribution in [3.05, 3.63) is 23.8 Å². The van der Waals surface area contributed by atoms with Gasteiger partial charge >= 0.3 is 12.0 Å². The van der Waals surface area contributed by atoms with E-state index < -0.39 is 17.9 Å². The molecule has 0 atom stereocenters. The SMILES string of the molecule is CCOC(=O)c1cnc(SCCC(F)=C(F)F)n1C. The van der Waals surface area contributed by atoms with Crippen LogP contribution in [0.2, 0.25) is 0 Å². The number of imidazole rings is 1. The molecule has 1 aromatic heterocycles. The van der Waals surface area contributed by atoms with Crippen LogP contribution in [-0.2, 0) is 11.8 Å².